The van der Waals surface area contributed by atoms with Gasteiger partial charge in [0.15, 0.2) is 5.76 Å². The predicted octanol–water partition coefficient (Wildman–Crippen LogP) is 5.69. The van der Waals surface area contributed by atoms with Crippen LogP contribution in [0.2, 0.25) is 5.02 Å². The molecule has 0 saturated carbocycles. The third-order valence-electron chi connectivity index (χ3n) is 3.55. The molecule has 0 bridgehead atoms. The highest BCUT2D eigenvalue weighted by Crippen LogP contribution is 2.32. The van der Waals surface area contributed by atoms with Crippen molar-refractivity contribution in [3.63, 3.8) is 0 Å². The van der Waals surface area contributed by atoms with Crippen LogP contribution in [0.4, 0.5) is 0 Å². The molecule has 0 N–H and O–H groups in total. The molecule has 0 aliphatic rings. The number of nitrogens with zero attached hydrogens (tertiary/aromatic N) is 2. The maximum Gasteiger partial charge on any atom is 0.344 e. The summed E-state index contributed by atoms with van der Waals surface area (Å²) in [6.45, 7) is 0. The van der Waals surface area contributed by atoms with E-state index in [4.69, 9.17) is 20.4 Å². The molecule has 2 aromatic carbocycles. The van der Waals surface area contributed by atoms with E-state index in [9.17, 15) is 4.79 Å². The molecule has 124 valence electrons. The van der Waals surface area contributed by atoms with Gasteiger partial charge in [0.1, 0.15) is 0 Å². The highest BCUT2D eigenvalue weighted by molar-refractivity contribution is 9.11. The van der Waals surface area contributed by atoms with Crippen molar-refractivity contribution in [2.75, 3.05) is 0 Å². The van der Waals surface area contributed by atoms with Crippen LogP contribution in [-0.4, -0.2) is 10.2 Å². The zero-order valence-corrected chi connectivity index (χ0v) is 16.2. The zero-order chi connectivity index (χ0) is 17.6. The van der Waals surface area contributed by atoms with E-state index in [2.05, 4.69) is 42.1 Å². The van der Waals surface area contributed by atoms with Crippen LogP contribution < -0.4 is 5.63 Å². The molecular weight excluding hydrogens is 475 g/mol. The Balaban J connectivity index is 1.84. The lowest BCUT2D eigenvalue weighted by molar-refractivity contribution is 0.495. The van der Waals surface area contributed by atoms with Crippen LogP contribution in [0, 0.1) is 0 Å². The van der Waals surface area contributed by atoms with E-state index < -0.39 is 5.63 Å². The molecule has 0 fully saturated rings. The van der Waals surface area contributed by atoms with Crippen molar-refractivity contribution in [3.05, 3.63) is 66.9 Å². The fraction of sp³-hybridized carbons (Fsp3) is 0. The van der Waals surface area contributed by atoms with Crippen LogP contribution in [0.15, 0.2) is 65.0 Å². The second-order valence-electron chi connectivity index (χ2n) is 5.14. The predicted molar refractivity (Wildman–Crippen MR) is 102 cm³/mol. The fourth-order valence-electron chi connectivity index (χ4n) is 2.38. The molecule has 5 nitrogen and oxygen atoms in total. The van der Waals surface area contributed by atoms with Gasteiger partial charge in [-0.25, -0.2) is 4.79 Å². The normalized spacial score (nSPS) is 11.2. The maximum absolute atomic E-state index is 12.2. The molecule has 4 rings (SSSR count). The molecule has 0 radical (unpaired) electrons. The molecular formula is C17H7Br2ClN2O3. The first-order valence-electron chi connectivity index (χ1n) is 7.04. The molecule has 0 unspecified atom stereocenters. The van der Waals surface area contributed by atoms with Crippen molar-refractivity contribution >= 4 is 54.2 Å². The molecule has 0 aliphatic carbocycles. The minimum Gasteiger partial charge on any atom is -0.417 e. The first-order chi connectivity index (χ1) is 12.0. The third-order valence-corrected chi connectivity index (χ3v) is 5.05. The summed E-state index contributed by atoms with van der Waals surface area (Å²) in [5, 5.41) is 9.60. The second-order valence-corrected chi connectivity index (χ2v) is 7.31. The Bertz CT molecular complexity index is 1170. The van der Waals surface area contributed by atoms with Crippen molar-refractivity contribution in [1.29, 1.82) is 0 Å². The average Bonchev–Trinajstić information content (AvgIpc) is 3.05. The van der Waals surface area contributed by atoms with Gasteiger partial charge in [0.2, 0.25) is 5.89 Å². The lowest BCUT2D eigenvalue weighted by Gasteiger charge is -2.01. The molecule has 0 atom stereocenters. The van der Waals surface area contributed by atoms with Crippen LogP contribution >= 0.6 is 43.5 Å². The highest BCUT2D eigenvalue weighted by Gasteiger charge is 2.17. The van der Waals surface area contributed by atoms with E-state index in [1.807, 2.05) is 12.1 Å². The third kappa shape index (κ3) is 3.03. The minimum atomic E-state index is -0.477. The molecule has 0 amide bonds. The van der Waals surface area contributed by atoms with Gasteiger partial charge >= 0.3 is 5.63 Å². The van der Waals surface area contributed by atoms with Crippen LogP contribution in [0.25, 0.3) is 33.9 Å². The summed E-state index contributed by atoms with van der Waals surface area (Å²) in [6.07, 6.45) is 0. The molecule has 2 heterocycles. The molecule has 0 aliphatic heterocycles. The Labute approximate surface area is 162 Å². The van der Waals surface area contributed by atoms with Crippen LogP contribution in [0.3, 0.4) is 0 Å². The van der Waals surface area contributed by atoms with E-state index in [0.717, 1.165) is 8.95 Å². The van der Waals surface area contributed by atoms with E-state index in [1.54, 1.807) is 30.3 Å². The Kier molecular flexibility index (Phi) is 4.23. The number of benzene rings is 2. The van der Waals surface area contributed by atoms with Gasteiger partial charge in [-0.05, 0) is 36.4 Å². The maximum atomic E-state index is 12.2. The lowest BCUT2D eigenvalue weighted by Crippen LogP contribution is -2.00. The largest absolute Gasteiger partial charge is 0.417 e. The molecule has 8 heteroatoms. The number of hydrogen-bond acceptors (Lipinski definition) is 5. The van der Waals surface area contributed by atoms with Gasteiger partial charge in [-0.1, -0.05) is 49.5 Å². The second kappa shape index (κ2) is 6.40. The van der Waals surface area contributed by atoms with Crippen molar-refractivity contribution in [3.8, 4) is 23.1 Å². The summed E-state index contributed by atoms with van der Waals surface area (Å²) >= 11 is 13.0. The average molecular weight is 483 g/mol. The van der Waals surface area contributed by atoms with E-state index >= 15 is 0 Å². The number of fused-ring (bicyclic) bond motifs is 1. The topological polar surface area (TPSA) is 69.1 Å². The van der Waals surface area contributed by atoms with Gasteiger partial charge in [0.05, 0.1) is 16.0 Å². The monoisotopic (exact) mass is 480 g/mol. The van der Waals surface area contributed by atoms with Crippen molar-refractivity contribution in [1.82, 2.24) is 10.2 Å². The SMILES string of the molecule is O=c1oc(-c2nnc(-c3ccc(Br)cc3Cl)o2)cc2c(Br)cccc12. The Hall–Kier alpha value is -1.96. The summed E-state index contributed by atoms with van der Waals surface area (Å²) in [4.78, 5) is 12.2. The highest BCUT2D eigenvalue weighted by atomic mass is 79.9. The van der Waals surface area contributed by atoms with Crippen molar-refractivity contribution in [2.45, 2.75) is 0 Å². The number of rotatable bonds is 2. The summed E-state index contributed by atoms with van der Waals surface area (Å²) in [5.74, 6) is 0.530. The van der Waals surface area contributed by atoms with Gasteiger partial charge in [-0.3, -0.25) is 0 Å². The molecule has 2 aromatic heterocycles. The number of halogens is 3. The van der Waals surface area contributed by atoms with Crippen LogP contribution in [0.5, 0.6) is 0 Å². The molecule has 0 spiro atoms. The fourth-order valence-corrected chi connectivity index (χ4v) is 3.61. The summed E-state index contributed by atoms with van der Waals surface area (Å²) < 4.78 is 12.6. The first-order valence-corrected chi connectivity index (χ1v) is 9.01. The smallest absolute Gasteiger partial charge is 0.344 e. The zero-order valence-electron chi connectivity index (χ0n) is 12.3. The molecule has 4 aromatic rings. The summed E-state index contributed by atoms with van der Waals surface area (Å²) in [7, 11) is 0. The van der Waals surface area contributed by atoms with Gasteiger partial charge < -0.3 is 8.83 Å². The minimum absolute atomic E-state index is 0.101. The lowest BCUT2D eigenvalue weighted by atomic mass is 10.2. The van der Waals surface area contributed by atoms with Crippen molar-refractivity contribution in [2.24, 2.45) is 0 Å². The summed E-state index contributed by atoms with van der Waals surface area (Å²) in [6, 6.07) is 12.3. The number of hydrogen-bond donors (Lipinski definition) is 0. The van der Waals surface area contributed by atoms with E-state index in [0.29, 0.717) is 21.4 Å². The van der Waals surface area contributed by atoms with Crippen LogP contribution in [-0.2, 0) is 0 Å². The Morgan fingerprint density at radius 1 is 0.920 bits per heavy atom. The number of aromatic nitrogens is 2. The summed E-state index contributed by atoms with van der Waals surface area (Å²) in [5.41, 5.74) is 0.114. The van der Waals surface area contributed by atoms with Gasteiger partial charge in [0.25, 0.3) is 5.89 Å². The Morgan fingerprint density at radius 2 is 1.72 bits per heavy atom. The van der Waals surface area contributed by atoms with Crippen molar-refractivity contribution < 1.29 is 8.83 Å². The Morgan fingerprint density at radius 3 is 2.52 bits per heavy atom. The van der Waals surface area contributed by atoms with Gasteiger partial charge in [-0.15, -0.1) is 10.2 Å². The quantitative estimate of drug-likeness (QED) is 0.367. The van der Waals surface area contributed by atoms with E-state index in [1.165, 1.54) is 0 Å². The van der Waals surface area contributed by atoms with Crippen LogP contribution in [0.1, 0.15) is 0 Å². The first kappa shape index (κ1) is 16.5. The van der Waals surface area contributed by atoms with Gasteiger partial charge in [-0.2, -0.15) is 0 Å². The molecule has 25 heavy (non-hydrogen) atoms. The van der Waals surface area contributed by atoms with Gasteiger partial charge in [0, 0.05) is 14.3 Å². The standard InChI is InChI=1S/C17H7Br2ClN2O3/c18-8-4-5-10(13(20)6-8)15-21-22-16(25-15)14-7-11-9(17(23)24-14)2-1-3-12(11)19/h1-7H. The molecule has 0 saturated heterocycles. The van der Waals surface area contributed by atoms with E-state index in [-0.39, 0.29) is 17.5 Å².